The van der Waals surface area contributed by atoms with E-state index in [0.29, 0.717) is 16.8 Å². The Morgan fingerprint density at radius 1 is 1.21 bits per heavy atom. The van der Waals surface area contributed by atoms with E-state index in [1.54, 1.807) is 35.7 Å². The zero-order valence-corrected chi connectivity index (χ0v) is 14.2. The van der Waals surface area contributed by atoms with Crippen LogP contribution in [0, 0.1) is 5.82 Å². The van der Waals surface area contributed by atoms with Gasteiger partial charge < -0.3 is 9.32 Å². The summed E-state index contributed by atoms with van der Waals surface area (Å²) in [5.41, 5.74) is 1.15. The van der Waals surface area contributed by atoms with Crippen molar-refractivity contribution in [3.8, 4) is 0 Å². The average molecular weight is 389 g/mol. The summed E-state index contributed by atoms with van der Waals surface area (Å²) >= 11 is 3.31. The molecule has 24 heavy (non-hydrogen) atoms. The van der Waals surface area contributed by atoms with Crippen molar-refractivity contribution in [3.63, 3.8) is 0 Å². The Labute approximate surface area is 147 Å². The van der Waals surface area contributed by atoms with E-state index in [1.165, 1.54) is 18.2 Å². The Hall–Kier alpha value is -2.47. The number of nitrogens with zero attached hydrogens (tertiary/aromatic N) is 2. The van der Waals surface area contributed by atoms with Crippen LogP contribution < -0.4 is 0 Å². The van der Waals surface area contributed by atoms with Crippen LogP contribution in [-0.4, -0.2) is 15.8 Å². The van der Waals surface area contributed by atoms with E-state index in [9.17, 15) is 9.18 Å². The molecule has 2 aromatic heterocycles. The predicted molar refractivity (Wildman–Crippen MR) is 90.6 cm³/mol. The molecule has 0 aliphatic carbocycles. The maximum Gasteiger partial charge on any atom is 0.255 e. The molecule has 3 rings (SSSR count). The van der Waals surface area contributed by atoms with Gasteiger partial charge in [-0.25, -0.2) is 4.39 Å². The molecular weight excluding hydrogens is 375 g/mol. The van der Waals surface area contributed by atoms with Crippen molar-refractivity contribution < 1.29 is 13.6 Å². The topological polar surface area (TPSA) is 46.3 Å². The number of carbonyl (C=O) groups is 1. The van der Waals surface area contributed by atoms with Gasteiger partial charge in [0.2, 0.25) is 0 Å². The normalized spacial score (nSPS) is 10.6. The summed E-state index contributed by atoms with van der Waals surface area (Å²) < 4.78 is 19.4. The highest BCUT2D eigenvalue weighted by atomic mass is 79.9. The molecule has 2 heterocycles. The van der Waals surface area contributed by atoms with Gasteiger partial charge >= 0.3 is 0 Å². The third-order valence-corrected chi connectivity index (χ3v) is 4.16. The number of amides is 1. The van der Waals surface area contributed by atoms with E-state index in [2.05, 4.69) is 20.9 Å². The molecule has 1 aromatic carbocycles. The van der Waals surface area contributed by atoms with Gasteiger partial charge in [-0.2, -0.15) is 0 Å². The minimum Gasteiger partial charge on any atom is -0.467 e. The maximum absolute atomic E-state index is 13.6. The number of benzene rings is 1. The highest BCUT2D eigenvalue weighted by Gasteiger charge is 2.20. The Bertz CT molecular complexity index is 822. The Kier molecular flexibility index (Phi) is 5.05. The van der Waals surface area contributed by atoms with Gasteiger partial charge in [0, 0.05) is 23.4 Å². The predicted octanol–water partition coefficient (Wildman–Crippen LogP) is 4.42. The third-order valence-electron chi connectivity index (χ3n) is 3.47. The van der Waals surface area contributed by atoms with Crippen LogP contribution in [0.25, 0.3) is 0 Å². The minimum absolute atomic E-state index is 0.269. The molecule has 0 spiro atoms. The highest BCUT2D eigenvalue weighted by molar-refractivity contribution is 9.10. The summed E-state index contributed by atoms with van der Waals surface area (Å²) in [6.07, 6.45) is 4.93. The number of rotatable bonds is 5. The number of carbonyl (C=O) groups excluding carboxylic acids is 1. The van der Waals surface area contributed by atoms with Gasteiger partial charge in [-0.15, -0.1) is 0 Å². The zero-order valence-electron chi connectivity index (χ0n) is 12.7. The quantitative estimate of drug-likeness (QED) is 0.649. The largest absolute Gasteiger partial charge is 0.467 e. The second-order valence-electron chi connectivity index (χ2n) is 5.23. The average Bonchev–Trinajstić information content (AvgIpc) is 3.10. The maximum atomic E-state index is 13.6. The van der Waals surface area contributed by atoms with Crippen molar-refractivity contribution in [2.45, 2.75) is 13.1 Å². The monoisotopic (exact) mass is 388 g/mol. The molecule has 0 saturated heterocycles. The first-order valence-electron chi connectivity index (χ1n) is 7.29. The second-order valence-corrected chi connectivity index (χ2v) is 6.08. The summed E-state index contributed by atoms with van der Waals surface area (Å²) in [5, 5.41) is 0. The first kappa shape index (κ1) is 16.4. The molecule has 0 bridgehead atoms. The molecule has 0 aliphatic heterocycles. The molecule has 0 N–H and O–H groups in total. The molecule has 0 fully saturated rings. The van der Waals surface area contributed by atoms with Crippen molar-refractivity contribution in [1.29, 1.82) is 0 Å². The fraction of sp³-hybridized carbons (Fsp3) is 0.111. The van der Waals surface area contributed by atoms with Gasteiger partial charge in [0.1, 0.15) is 11.6 Å². The molecule has 0 unspecified atom stereocenters. The smallest absolute Gasteiger partial charge is 0.255 e. The van der Waals surface area contributed by atoms with Crippen LogP contribution in [0.2, 0.25) is 0 Å². The molecule has 0 atom stereocenters. The Balaban J connectivity index is 1.90. The van der Waals surface area contributed by atoms with E-state index in [-0.39, 0.29) is 18.0 Å². The van der Waals surface area contributed by atoms with Gasteiger partial charge in [-0.3, -0.25) is 9.78 Å². The summed E-state index contributed by atoms with van der Waals surface area (Å²) in [7, 11) is 0. The van der Waals surface area contributed by atoms with Crippen molar-refractivity contribution in [3.05, 3.63) is 88.3 Å². The summed E-state index contributed by atoms with van der Waals surface area (Å²) in [6.45, 7) is 0.625. The summed E-state index contributed by atoms with van der Waals surface area (Å²) in [4.78, 5) is 18.6. The molecule has 1 amide bonds. The van der Waals surface area contributed by atoms with E-state index in [1.807, 2.05) is 12.1 Å². The molecule has 0 radical (unpaired) electrons. The van der Waals surface area contributed by atoms with Crippen LogP contribution in [0.5, 0.6) is 0 Å². The number of hydrogen-bond acceptors (Lipinski definition) is 3. The first-order valence-corrected chi connectivity index (χ1v) is 8.08. The second kappa shape index (κ2) is 7.40. The van der Waals surface area contributed by atoms with Crippen molar-refractivity contribution in [1.82, 2.24) is 9.88 Å². The van der Waals surface area contributed by atoms with E-state index in [4.69, 9.17) is 4.42 Å². The van der Waals surface area contributed by atoms with Gasteiger partial charge in [0.15, 0.2) is 0 Å². The molecule has 0 saturated carbocycles. The molecule has 3 aromatic rings. The Morgan fingerprint density at radius 2 is 2.08 bits per heavy atom. The lowest BCUT2D eigenvalue weighted by Gasteiger charge is -2.22. The van der Waals surface area contributed by atoms with Gasteiger partial charge in [0.05, 0.1) is 18.4 Å². The van der Waals surface area contributed by atoms with E-state index < -0.39 is 5.82 Å². The molecule has 122 valence electrons. The SMILES string of the molecule is O=C(c1cc(F)ccc1Br)N(Cc1cccnc1)Cc1ccco1. The lowest BCUT2D eigenvalue weighted by atomic mass is 10.1. The fourth-order valence-electron chi connectivity index (χ4n) is 2.33. The first-order chi connectivity index (χ1) is 11.6. The highest BCUT2D eigenvalue weighted by Crippen LogP contribution is 2.22. The molecular formula is C18H14BrFN2O2. The van der Waals surface area contributed by atoms with Gasteiger partial charge in [0.25, 0.3) is 5.91 Å². The zero-order chi connectivity index (χ0) is 16.9. The van der Waals surface area contributed by atoms with Crippen LogP contribution in [0.1, 0.15) is 21.7 Å². The third kappa shape index (κ3) is 3.89. The summed E-state index contributed by atoms with van der Waals surface area (Å²) in [6, 6.07) is 11.3. The van der Waals surface area contributed by atoms with Gasteiger partial charge in [-0.05, 0) is 57.9 Å². The molecule has 4 nitrogen and oxygen atoms in total. The number of halogens is 2. The van der Waals surface area contributed by atoms with E-state index in [0.717, 1.165) is 5.56 Å². The number of hydrogen-bond donors (Lipinski definition) is 0. The van der Waals surface area contributed by atoms with Crippen molar-refractivity contribution in [2.24, 2.45) is 0 Å². The standard InChI is InChI=1S/C18H14BrFN2O2/c19-17-6-5-14(20)9-16(17)18(23)22(12-15-4-2-8-24-15)11-13-3-1-7-21-10-13/h1-10H,11-12H2. The van der Waals surface area contributed by atoms with Crippen LogP contribution in [0.15, 0.2) is 70.0 Å². The van der Waals surface area contributed by atoms with Crippen LogP contribution in [0.3, 0.4) is 0 Å². The van der Waals surface area contributed by atoms with Crippen LogP contribution >= 0.6 is 15.9 Å². The Morgan fingerprint density at radius 3 is 2.79 bits per heavy atom. The minimum atomic E-state index is -0.458. The fourth-order valence-corrected chi connectivity index (χ4v) is 2.75. The van der Waals surface area contributed by atoms with Gasteiger partial charge in [-0.1, -0.05) is 6.07 Å². The lowest BCUT2D eigenvalue weighted by molar-refractivity contribution is 0.0716. The number of pyridine rings is 1. The number of aromatic nitrogens is 1. The summed E-state index contributed by atoms with van der Waals surface area (Å²) in [5.74, 6) is -0.0951. The lowest BCUT2D eigenvalue weighted by Crippen LogP contribution is -2.30. The number of furan rings is 1. The van der Waals surface area contributed by atoms with Crippen molar-refractivity contribution >= 4 is 21.8 Å². The van der Waals surface area contributed by atoms with Crippen LogP contribution in [-0.2, 0) is 13.1 Å². The van der Waals surface area contributed by atoms with Crippen molar-refractivity contribution in [2.75, 3.05) is 0 Å². The van der Waals surface area contributed by atoms with E-state index >= 15 is 0 Å². The molecule has 0 aliphatic rings. The molecule has 6 heteroatoms. The van der Waals surface area contributed by atoms with Crippen LogP contribution in [0.4, 0.5) is 4.39 Å².